The molecule has 1 aliphatic carbocycles. The summed E-state index contributed by atoms with van der Waals surface area (Å²) in [4.78, 5) is 34.3. The van der Waals surface area contributed by atoms with Crippen molar-refractivity contribution in [3.05, 3.63) is 62.2 Å². The number of para-hydroxylation sites is 1. The number of aryl methyl sites for hydroxylation is 3. The first-order valence-corrected chi connectivity index (χ1v) is 10.1. The van der Waals surface area contributed by atoms with Crippen LogP contribution in [-0.4, -0.2) is 15.9 Å². The third kappa shape index (κ3) is 2.74. The average molecular weight is 394 g/mol. The van der Waals surface area contributed by atoms with Gasteiger partial charge in [-0.05, 0) is 44.2 Å². The second-order valence-electron chi connectivity index (χ2n) is 7.03. The highest BCUT2D eigenvalue weighted by molar-refractivity contribution is 7.18. The number of hydrogen-bond acceptors (Lipinski definition) is 6. The topological polar surface area (TPSA) is 85.2 Å². The lowest BCUT2D eigenvalue weighted by atomic mass is 9.97. The Kier molecular flexibility index (Phi) is 4.05. The fourth-order valence-corrected chi connectivity index (χ4v) is 5.13. The van der Waals surface area contributed by atoms with Gasteiger partial charge in [-0.3, -0.25) is 4.79 Å². The Hall–Kier alpha value is -2.93. The molecule has 0 spiro atoms. The molecule has 142 valence electrons. The number of carbonyl (C=O) groups is 1. The number of ether oxygens (including phenoxy) is 1. The van der Waals surface area contributed by atoms with Gasteiger partial charge in [-0.2, -0.15) is 0 Å². The van der Waals surface area contributed by atoms with E-state index in [1.807, 2.05) is 31.2 Å². The average Bonchev–Trinajstić information content (AvgIpc) is 3.24. The number of thiophene rings is 1. The fourth-order valence-electron chi connectivity index (χ4n) is 3.85. The summed E-state index contributed by atoms with van der Waals surface area (Å²) >= 11 is 1.57. The number of rotatable bonds is 3. The molecule has 3 aromatic heterocycles. The summed E-state index contributed by atoms with van der Waals surface area (Å²) < 4.78 is 11.0. The quantitative estimate of drug-likeness (QED) is 0.524. The first-order valence-electron chi connectivity index (χ1n) is 9.30. The Bertz CT molecular complexity index is 1280. The van der Waals surface area contributed by atoms with Crippen LogP contribution in [0.4, 0.5) is 0 Å². The SMILES string of the molecule is Cc1c(C(=O)OCc2nc3sc4c(c3c(=O)[nH]2)CCCC4)oc2ccccc12. The van der Waals surface area contributed by atoms with Crippen LogP contribution < -0.4 is 5.56 Å². The van der Waals surface area contributed by atoms with Crippen LogP contribution in [0.5, 0.6) is 0 Å². The van der Waals surface area contributed by atoms with Crippen LogP contribution in [0.3, 0.4) is 0 Å². The van der Waals surface area contributed by atoms with Gasteiger partial charge in [0.15, 0.2) is 0 Å². The third-order valence-corrected chi connectivity index (χ3v) is 6.43. The standard InChI is InChI=1S/C21H18N2O4S/c1-11-12-6-2-4-8-14(12)27-18(11)21(25)26-10-16-22-19(24)17-13-7-3-5-9-15(13)28-20(17)23-16/h2,4,6,8H,3,5,7,9-10H2,1H3,(H,22,23,24). The molecule has 5 rings (SSSR count). The van der Waals surface area contributed by atoms with Crippen molar-refractivity contribution >= 4 is 38.5 Å². The van der Waals surface area contributed by atoms with Crippen LogP contribution in [-0.2, 0) is 24.2 Å². The molecule has 28 heavy (non-hydrogen) atoms. The van der Waals surface area contributed by atoms with Gasteiger partial charge in [-0.1, -0.05) is 18.2 Å². The monoisotopic (exact) mass is 394 g/mol. The van der Waals surface area contributed by atoms with Gasteiger partial charge in [-0.15, -0.1) is 11.3 Å². The number of furan rings is 1. The Morgan fingerprint density at radius 2 is 2.11 bits per heavy atom. The summed E-state index contributed by atoms with van der Waals surface area (Å²) in [5.41, 5.74) is 2.37. The van der Waals surface area contributed by atoms with Crippen molar-refractivity contribution in [2.45, 2.75) is 39.2 Å². The van der Waals surface area contributed by atoms with Crippen LogP contribution in [0.2, 0.25) is 0 Å². The zero-order valence-corrected chi connectivity index (χ0v) is 16.1. The lowest BCUT2D eigenvalue weighted by Gasteiger charge is -2.09. The number of nitrogens with one attached hydrogen (secondary N) is 1. The van der Waals surface area contributed by atoms with Gasteiger partial charge < -0.3 is 14.1 Å². The molecule has 3 heterocycles. The second-order valence-corrected chi connectivity index (χ2v) is 8.12. The molecule has 0 unspecified atom stereocenters. The Morgan fingerprint density at radius 1 is 1.29 bits per heavy atom. The zero-order valence-electron chi connectivity index (χ0n) is 15.3. The maximum absolute atomic E-state index is 12.6. The molecule has 0 fully saturated rings. The molecule has 0 amide bonds. The molecule has 1 aliphatic rings. The molecule has 7 heteroatoms. The Labute approximate surface area is 164 Å². The number of benzene rings is 1. The number of aromatic amines is 1. The Balaban J connectivity index is 1.41. The second kappa shape index (κ2) is 6.60. The highest BCUT2D eigenvalue weighted by Crippen LogP contribution is 2.33. The van der Waals surface area contributed by atoms with Crippen LogP contribution in [0.15, 0.2) is 33.5 Å². The lowest BCUT2D eigenvalue weighted by molar-refractivity contribution is 0.0427. The number of nitrogens with zero attached hydrogens (tertiary/aromatic N) is 1. The zero-order chi connectivity index (χ0) is 19.3. The van der Waals surface area contributed by atoms with Crippen molar-refractivity contribution in [1.29, 1.82) is 0 Å². The van der Waals surface area contributed by atoms with Gasteiger partial charge in [-0.25, -0.2) is 9.78 Å². The number of esters is 1. The van der Waals surface area contributed by atoms with Gasteiger partial charge in [0.1, 0.15) is 22.8 Å². The summed E-state index contributed by atoms with van der Waals surface area (Å²) in [5, 5.41) is 1.58. The van der Waals surface area contributed by atoms with Crippen molar-refractivity contribution in [2.75, 3.05) is 0 Å². The van der Waals surface area contributed by atoms with E-state index in [0.29, 0.717) is 16.8 Å². The minimum atomic E-state index is -0.568. The summed E-state index contributed by atoms with van der Waals surface area (Å²) in [5.74, 6) is -0.0451. The summed E-state index contributed by atoms with van der Waals surface area (Å²) in [6.45, 7) is 1.72. The largest absolute Gasteiger partial charge is 0.452 e. The van der Waals surface area contributed by atoms with Crippen LogP contribution >= 0.6 is 11.3 Å². The molecule has 1 aromatic carbocycles. The lowest BCUT2D eigenvalue weighted by Crippen LogP contribution is -2.15. The number of aromatic nitrogens is 2. The van der Waals surface area contributed by atoms with E-state index in [0.717, 1.165) is 47.0 Å². The predicted molar refractivity (Wildman–Crippen MR) is 107 cm³/mol. The maximum Gasteiger partial charge on any atom is 0.375 e. The van der Waals surface area contributed by atoms with E-state index in [1.165, 1.54) is 4.88 Å². The van der Waals surface area contributed by atoms with Gasteiger partial charge >= 0.3 is 5.97 Å². The minimum Gasteiger partial charge on any atom is -0.452 e. The van der Waals surface area contributed by atoms with Crippen LogP contribution in [0.1, 0.15) is 45.2 Å². The summed E-state index contributed by atoms with van der Waals surface area (Å²) in [7, 11) is 0. The molecule has 0 bridgehead atoms. The third-order valence-electron chi connectivity index (χ3n) is 5.24. The first-order chi connectivity index (χ1) is 13.6. The highest BCUT2D eigenvalue weighted by atomic mass is 32.1. The van der Waals surface area contributed by atoms with Gasteiger partial charge in [0.25, 0.3) is 5.56 Å². The van der Waals surface area contributed by atoms with Gasteiger partial charge in [0, 0.05) is 15.8 Å². The van der Waals surface area contributed by atoms with Gasteiger partial charge in [0.2, 0.25) is 5.76 Å². The molecule has 0 aliphatic heterocycles. The molecular weight excluding hydrogens is 376 g/mol. The summed E-state index contributed by atoms with van der Waals surface area (Å²) in [6.07, 6.45) is 4.19. The molecule has 6 nitrogen and oxygen atoms in total. The minimum absolute atomic E-state index is 0.108. The normalized spacial score (nSPS) is 13.8. The van der Waals surface area contributed by atoms with Crippen molar-refractivity contribution < 1.29 is 13.9 Å². The van der Waals surface area contributed by atoms with E-state index in [9.17, 15) is 9.59 Å². The van der Waals surface area contributed by atoms with E-state index < -0.39 is 5.97 Å². The van der Waals surface area contributed by atoms with Crippen molar-refractivity contribution in [2.24, 2.45) is 0 Å². The Morgan fingerprint density at radius 3 is 2.96 bits per heavy atom. The number of carbonyl (C=O) groups excluding carboxylic acids is 1. The van der Waals surface area contributed by atoms with E-state index >= 15 is 0 Å². The number of H-pyrrole nitrogens is 1. The molecule has 0 saturated heterocycles. The molecule has 1 N–H and O–H groups in total. The maximum atomic E-state index is 12.6. The highest BCUT2D eigenvalue weighted by Gasteiger charge is 2.21. The fraction of sp³-hybridized carbons (Fsp3) is 0.286. The molecular formula is C21H18N2O4S. The smallest absolute Gasteiger partial charge is 0.375 e. The molecule has 0 saturated carbocycles. The van der Waals surface area contributed by atoms with Crippen LogP contribution in [0.25, 0.3) is 21.2 Å². The van der Waals surface area contributed by atoms with Crippen molar-refractivity contribution in [1.82, 2.24) is 9.97 Å². The van der Waals surface area contributed by atoms with Crippen molar-refractivity contribution in [3.63, 3.8) is 0 Å². The molecule has 0 atom stereocenters. The van der Waals surface area contributed by atoms with E-state index in [1.54, 1.807) is 11.3 Å². The van der Waals surface area contributed by atoms with Crippen LogP contribution in [0, 0.1) is 6.92 Å². The van der Waals surface area contributed by atoms with E-state index in [-0.39, 0.29) is 17.9 Å². The number of fused-ring (bicyclic) bond motifs is 4. The van der Waals surface area contributed by atoms with Gasteiger partial charge in [0.05, 0.1) is 5.39 Å². The van der Waals surface area contributed by atoms with E-state index in [4.69, 9.17) is 9.15 Å². The van der Waals surface area contributed by atoms with E-state index in [2.05, 4.69) is 9.97 Å². The molecule has 0 radical (unpaired) electrons. The predicted octanol–water partition coefficient (Wildman–Crippen LogP) is 4.28. The summed E-state index contributed by atoms with van der Waals surface area (Å²) in [6, 6.07) is 7.45. The number of hydrogen-bond donors (Lipinski definition) is 1. The molecule has 4 aromatic rings. The first kappa shape index (κ1) is 17.2. The van der Waals surface area contributed by atoms with Crippen molar-refractivity contribution in [3.8, 4) is 0 Å².